The van der Waals surface area contributed by atoms with Crippen LogP contribution in [0, 0.1) is 0 Å². The van der Waals surface area contributed by atoms with Crippen LogP contribution in [0.2, 0.25) is 0 Å². The van der Waals surface area contributed by atoms with Gasteiger partial charge in [0.2, 0.25) is 5.88 Å². The number of quaternary nitrogens is 1. The molecule has 2 aliphatic carbocycles. The Morgan fingerprint density at radius 1 is 1.00 bits per heavy atom. The number of hydrogen-bond acceptors (Lipinski definition) is 5. The number of fused-ring (bicyclic) bond motifs is 4. The molecule has 1 aliphatic heterocycles. The number of thiophene rings is 1. The summed E-state index contributed by atoms with van der Waals surface area (Å²) in [6, 6.07) is 6.56. The molecule has 6 heteroatoms. The zero-order chi connectivity index (χ0) is 19.2. The third-order valence-electron chi connectivity index (χ3n) is 6.47. The second-order valence-corrected chi connectivity index (χ2v) is 9.49. The number of rotatable bonds is 4. The average molecular weight is 409 g/mol. The molecule has 0 bridgehead atoms. The van der Waals surface area contributed by atoms with Crippen LogP contribution >= 0.6 is 11.3 Å². The molecule has 0 amide bonds. The molecule has 1 aromatic carbocycles. The number of nitrogens with zero attached hydrogens (tertiary/aromatic N) is 2. The summed E-state index contributed by atoms with van der Waals surface area (Å²) in [7, 11) is 0. The van der Waals surface area contributed by atoms with E-state index in [1.54, 1.807) is 0 Å². The Bertz CT molecular complexity index is 1070. The fraction of sp³-hybridized carbons (Fsp3) is 0.478. The lowest BCUT2D eigenvalue weighted by Gasteiger charge is -2.23. The molecule has 6 rings (SSSR count). The highest BCUT2D eigenvalue weighted by Crippen LogP contribution is 2.41. The molecule has 29 heavy (non-hydrogen) atoms. The van der Waals surface area contributed by atoms with Gasteiger partial charge in [-0.2, -0.15) is 4.98 Å². The first-order valence-electron chi connectivity index (χ1n) is 10.9. The minimum absolute atomic E-state index is 0.759. The van der Waals surface area contributed by atoms with E-state index in [0.29, 0.717) is 0 Å². The normalized spacial score (nSPS) is 18.9. The summed E-state index contributed by atoms with van der Waals surface area (Å²) in [5, 5.41) is 1.16. The van der Waals surface area contributed by atoms with Crippen LogP contribution in [0.25, 0.3) is 10.2 Å². The van der Waals surface area contributed by atoms with Gasteiger partial charge in [-0.1, -0.05) is 6.07 Å². The van der Waals surface area contributed by atoms with Crippen molar-refractivity contribution in [2.45, 2.75) is 45.1 Å². The molecular weight excluding hydrogens is 382 g/mol. The van der Waals surface area contributed by atoms with Crippen LogP contribution < -0.4 is 9.64 Å². The molecule has 0 saturated carbocycles. The first-order valence-corrected chi connectivity index (χ1v) is 11.7. The number of aryl methyl sites for hydroxylation is 4. The Labute approximate surface area is 174 Å². The van der Waals surface area contributed by atoms with Gasteiger partial charge in [-0.25, -0.2) is 4.98 Å². The standard InChI is InChI=1S/C23H25N3O2S/c1-3-15-7-8-17(13-16(15)4-1)28-22-21-18-5-2-6-19(18)29-23(21)25-20(24-22)14-26-9-11-27-12-10-26/h7-8,13H,1-6,9-12,14H2/p+1. The van der Waals surface area contributed by atoms with Crippen LogP contribution in [0.5, 0.6) is 11.6 Å². The maximum atomic E-state index is 6.45. The summed E-state index contributed by atoms with van der Waals surface area (Å²) in [6.07, 6.45) is 7.12. The molecule has 3 aromatic rings. The number of ether oxygens (including phenoxy) is 2. The lowest BCUT2D eigenvalue weighted by Crippen LogP contribution is -3.12. The maximum absolute atomic E-state index is 6.45. The summed E-state index contributed by atoms with van der Waals surface area (Å²) in [4.78, 5) is 14.0. The van der Waals surface area contributed by atoms with Crippen LogP contribution in [-0.4, -0.2) is 36.3 Å². The second-order valence-electron chi connectivity index (χ2n) is 8.41. The fourth-order valence-corrected chi connectivity index (χ4v) is 6.21. The number of morpholine rings is 1. The van der Waals surface area contributed by atoms with E-state index in [4.69, 9.17) is 19.4 Å². The SMILES string of the molecule is c1cc2c(cc1Oc1nc(C[NH+]3CCOCC3)nc3sc4c(c13)CCC4)CCC2. The van der Waals surface area contributed by atoms with Gasteiger partial charge in [0.15, 0.2) is 5.82 Å². The molecule has 3 heterocycles. The molecule has 3 aliphatic rings. The van der Waals surface area contributed by atoms with Gasteiger partial charge in [0.25, 0.3) is 0 Å². The Morgan fingerprint density at radius 2 is 1.86 bits per heavy atom. The monoisotopic (exact) mass is 408 g/mol. The summed E-state index contributed by atoms with van der Waals surface area (Å²) in [6.45, 7) is 4.52. The lowest BCUT2D eigenvalue weighted by atomic mass is 10.1. The zero-order valence-corrected chi connectivity index (χ0v) is 17.4. The molecule has 1 fully saturated rings. The van der Waals surface area contributed by atoms with E-state index >= 15 is 0 Å². The van der Waals surface area contributed by atoms with Crippen molar-refractivity contribution in [3.05, 3.63) is 45.6 Å². The van der Waals surface area contributed by atoms with Crippen molar-refractivity contribution in [3.63, 3.8) is 0 Å². The van der Waals surface area contributed by atoms with Gasteiger partial charge in [-0.3, -0.25) is 0 Å². The third kappa shape index (κ3) is 3.33. The molecule has 2 aromatic heterocycles. The predicted octanol–water partition coefficient (Wildman–Crippen LogP) is 2.88. The highest BCUT2D eigenvalue weighted by Gasteiger charge is 2.25. The molecular formula is C23H26N3O2S+. The number of benzene rings is 1. The van der Waals surface area contributed by atoms with E-state index in [1.165, 1.54) is 52.2 Å². The Balaban J connectivity index is 1.39. The summed E-state index contributed by atoms with van der Waals surface area (Å²) in [5.41, 5.74) is 4.32. The van der Waals surface area contributed by atoms with Gasteiger partial charge in [0, 0.05) is 4.88 Å². The van der Waals surface area contributed by atoms with Crippen LogP contribution in [-0.2, 0) is 37.0 Å². The minimum atomic E-state index is 0.759. The first kappa shape index (κ1) is 17.8. The van der Waals surface area contributed by atoms with Gasteiger partial charge in [-0.05, 0) is 67.3 Å². The molecule has 0 atom stereocenters. The van der Waals surface area contributed by atoms with E-state index in [2.05, 4.69) is 18.2 Å². The smallest absolute Gasteiger partial charge is 0.231 e. The molecule has 1 saturated heterocycles. The molecule has 1 N–H and O–H groups in total. The number of hydrogen-bond donors (Lipinski definition) is 1. The van der Waals surface area contributed by atoms with Crippen LogP contribution in [0.3, 0.4) is 0 Å². The molecule has 0 spiro atoms. The van der Waals surface area contributed by atoms with Crippen molar-refractivity contribution in [3.8, 4) is 11.6 Å². The lowest BCUT2D eigenvalue weighted by molar-refractivity contribution is -0.922. The molecule has 5 nitrogen and oxygen atoms in total. The van der Waals surface area contributed by atoms with E-state index in [-0.39, 0.29) is 0 Å². The van der Waals surface area contributed by atoms with E-state index in [9.17, 15) is 0 Å². The van der Waals surface area contributed by atoms with Crippen molar-refractivity contribution in [1.29, 1.82) is 0 Å². The summed E-state index contributed by atoms with van der Waals surface area (Å²) in [5.74, 6) is 2.56. The quantitative estimate of drug-likeness (QED) is 0.721. The van der Waals surface area contributed by atoms with Gasteiger partial charge in [0.05, 0.1) is 18.6 Å². The fourth-order valence-electron chi connectivity index (χ4n) is 4.94. The Kier molecular flexibility index (Phi) is 4.51. The zero-order valence-electron chi connectivity index (χ0n) is 16.6. The minimum Gasteiger partial charge on any atom is -0.438 e. The van der Waals surface area contributed by atoms with Gasteiger partial charge >= 0.3 is 0 Å². The second kappa shape index (κ2) is 7.35. The van der Waals surface area contributed by atoms with Gasteiger partial charge in [-0.15, -0.1) is 11.3 Å². The highest BCUT2D eigenvalue weighted by atomic mass is 32.1. The summed E-state index contributed by atoms with van der Waals surface area (Å²) >= 11 is 1.84. The first-order chi connectivity index (χ1) is 14.3. The van der Waals surface area contributed by atoms with Gasteiger partial charge < -0.3 is 14.4 Å². The van der Waals surface area contributed by atoms with Crippen molar-refractivity contribution in [2.24, 2.45) is 0 Å². The number of aromatic nitrogens is 2. The van der Waals surface area contributed by atoms with Crippen molar-refractivity contribution < 1.29 is 14.4 Å². The summed E-state index contributed by atoms with van der Waals surface area (Å²) < 4.78 is 12.0. The average Bonchev–Trinajstić information content (AvgIpc) is 3.44. The van der Waals surface area contributed by atoms with Crippen LogP contribution in [0.15, 0.2) is 18.2 Å². The van der Waals surface area contributed by atoms with Crippen molar-refractivity contribution in [1.82, 2.24) is 9.97 Å². The Morgan fingerprint density at radius 3 is 2.79 bits per heavy atom. The maximum Gasteiger partial charge on any atom is 0.231 e. The van der Waals surface area contributed by atoms with E-state index in [1.807, 2.05) is 11.3 Å². The Hall–Kier alpha value is -2.02. The van der Waals surface area contributed by atoms with Crippen LogP contribution in [0.4, 0.5) is 0 Å². The number of nitrogens with one attached hydrogen (secondary N) is 1. The van der Waals surface area contributed by atoms with Gasteiger partial charge in [0.1, 0.15) is 30.2 Å². The largest absolute Gasteiger partial charge is 0.438 e. The predicted molar refractivity (Wildman–Crippen MR) is 113 cm³/mol. The molecule has 0 radical (unpaired) electrons. The van der Waals surface area contributed by atoms with Crippen LogP contribution in [0.1, 0.15) is 40.2 Å². The molecule has 0 unspecified atom stereocenters. The van der Waals surface area contributed by atoms with E-state index < -0.39 is 0 Å². The van der Waals surface area contributed by atoms with Crippen molar-refractivity contribution in [2.75, 3.05) is 26.3 Å². The van der Waals surface area contributed by atoms with Crippen molar-refractivity contribution >= 4 is 21.6 Å². The topological polar surface area (TPSA) is 48.7 Å². The van der Waals surface area contributed by atoms with E-state index in [0.717, 1.165) is 73.4 Å². The third-order valence-corrected chi connectivity index (χ3v) is 7.66. The highest BCUT2D eigenvalue weighted by molar-refractivity contribution is 7.19. The molecule has 150 valence electrons.